The van der Waals surface area contributed by atoms with Gasteiger partial charge in [-0.25, -0.2) is 18.4 Å². The normalized spacial score (nSPS) is 12.0. The lowest BCUT2D eigenvalue weighted by atomic mass is 10.2. The molecule has 2 heterocycles. The molecule has 0 radical (unpaired) electrons. The zero-order valence-corrected chi connectivity index (χ0v) is 20.6. The van der Waals surface area contributed by atoms with E-state index in [1.807, 2.05) is 6.07 Å². The molecule has 0 saturated heterocycles. The third-order valence-electron chi connectivity index (χ3n) is 5.31. The first-order valence-corrected chi connectivity index (χ1v) is 13.2. The quantitative estimate of drug-likeness (QED) is 0.281. The maximum atomic E-state index is 13.0. The first kappa shape index (κ1) is 26.2. The topological polar surface area (TPSA) is 98.1 Å². The highest BCUT2D eigenvalue weighted by molar-refractivity contribution is 7.90. The highest BCUT2D eigenvalue weighted by atomic mass is 32.2. The molecule has 0 spiro atoms. The molecule has 12 heteroatoms. The highest BCUT2D eigenvalue weighted by Gasteiger charge is 2.30. The Bertz CT molecular complexity index is 1530. The van der Waals surface area contributed by atoms with Crippen molar-refractivity contribution in [1.82, 2.24) is 19.9 Å². The minimum Gasteiger partial charge on any atom is -0.439 e. The van der Waals surface area contributed by atoms with E-state index in [4.69, 9.17) is 4.74 Å². The molecule has 0 fully saturated rings. The smallest absolute Gasteiger partial charge is 0.416 e. The number of nitrogens with one attached hydrogen (secondary N) is 2. The standard InChI is InChI=1S/C25H24F3N5O3S/c1-17(32-20-5-3-4-19(13-20)25(26,27)28)33-10-8-18-12-22(6-7-23(18)33)36-24-14-21(30-16-31-24)15-29-9-11-37(2,34)35/h3-8,10,12-14,16,29,32H,1,9,11,15H2,2H3. The van der Waals surface area contributed by atoms with Crippen LogP contribution in [0.25, 0.3) is 16.7 Å². The summed E-state index contributed by atoms with van der Waals surface area (Å²) in [6.07, 6.45) is -0.141. The van der Waals surface area contributed by atoms with Crippen LogP contribution in [0.1, 0.15) is 11.3 Å². The van der Waals surface area contributed by atoms with Crippen molar-refractivity contribution in [1.29, 1.82) is 0 Å². The van der Waals surface area contributed by atoms with E-state index in [9.17, 15) is 21.6 Å². The summed E-state index contributed by atoms with van der Waals surface area (Å²) >= 11 is 0. The van der Waals surface area contributed by atoms with Gasteiger partial charge in [-0.05, 0) is 42.5 Å². The predicted octanol–water partition coefficient (Wildman–Crippen LogP) is 4.92. The van der Waals surface area contributed by atoms with Crippen molar-refractivity contribution < 1.29 is 26.3 Å². The molecular weight excluding hydrogens is 507 g/mol. The molecule has 0 aliphatic carbocycles. The Hall–Kier alpha value is -3.90. The molecule has 4 aromatic rings. The highest BCUT2D eigenvalue weighted by Crippen LogP contribution is 2.32. The predicted molar refractivity (Wildman–Crippen MR) is 136 cm³/mol. The second-order valence-corrected chi connectivity index (χ2v) is 10.6. The van der Waals surface area contributed by atoms with Crippen molar-refractivity contribution in [3.05, 3.63) is 85.0 Å². The van der Waals surface area contributed by atoms with Crippen molar-refractivity contribution in [2.45, 2.75) is 12.7 Å². The number of benzene rings is 2. The van der Waals surface area contributed by atoms with Gasteiger partial charge in [0.25, 0.3) is 0 Å². The van der Waals surface area contributed by atoms with Gasteiger partial charge in [-0.3, -0.25) is 0 Å². The summed E-state index contributed by atoms with van der Waals surface area (Å²) in [5.74, 6) is 1.26. The molecule has 0 atom stereocenters. The minimum atomic E-state index is -4.44. The molecule has 0 unspecified atom stereocenters. The summed E-state index contributed by atoms with van der Waals surface area (Å²) in [5, 5.41) is 6.76. The molecule has 37 heavy (non-hydrogen) atoms. The van der Waals surface area contributed by atoms with Crippen LogP contribution in [-0.2, 0) is 22.6 Å². The van der Waals surface area contributed by atoms with Crippen LogP contribution < -0.4 is 15.4 Å². The van der Waals surface area contributed by atoms with E-state index in [-0.39, 0.29) is 11.4 Å². The van der Waals surface area contributed by atoms with Gasteiger partial charge in [0.15, 0.2) is 0 Å². The summed E-state index contributed by atoms with van der Waals surface area (Å²) in [6, 6.07) is 13.7. The van der Waals surface area contributed by atoms with E-state index in [0.717, 1.165) is 23.0 Å². The van der Waals surface area contributed by atoms with Crippen LogP contribution in [0, 0.1) is 0 Å². The molecule has 8 nitrogen and oxygen atoms in total. The summed E-state index contributed by atoms with van der Waals surface area (Å²) in [5.41, 5.74) is 0.937. The second kappa shape index (κ2) is 10.6. The van der Waals surface area contributed by atoms with Crippen LogP contribution >= 0.6 is 0 Å². The van der Waals surface area contributed by atoms with E-state index >= 15 is 0 Å². The van der Waals surface area contributed by atoms with Crippen LogP contribution in [0.4, 0.5) is 18.9 Å². The number of halogens is 3. The Kier molecular flexibility index (Phi) is 7.50. The molecule has 0 bridgehead atoms. The van der Waals surface area contributed by atoms with Crippen LogP contribution in [0.5, 0.6) is 11.6 Å². The van der Waals surface area contributed by atoms with Gasteiger partial charge < -0.3 is 19.9 Å². The number of hydrogen-bond acceptors (Lipinski definition) is 7. The first-order valence-electron chi connectivity index (χ1n) is 11.1. The second-order valence-electron chi connectivity index (χ2n) is 8.31. The molecule has 2 N–H and O–H groups in total. The lowest BCUT2D eigenvalue weighted by Crippen LogP contribution is -2.22. The van der Waals surface area contributed by atoms with Gasteiger partial charge >= 0.3 is 6.18 Å². The maximum Gasteiger partial charge on any atom is 0.416 e. The number of ether oxygens (including phenoxy) is 1. The van der Waals surface area contributed by atoms with Crippen LogP contribution in [0.3, 0.4) is 0 Å². The number of anilines is 1. The fourth-order valence-electron chi connectivity index (χ4n) is 3.54. The fraction of sp³-hybridized carbons (Fsp3) is 0.200. The molecule has 2 aromatic carbocycles. The zero-order chi connectivity index (χ0) is 26.6. The number of fused-ring (bicyclic) bond motifs is 1. The van der Waals surface area contributed by atoms with Crippen molar-refractivity contribution in [3.8, 4) is 11.6 Å². The van der Waals surface area contributed by atoms with Crippen molar-refractivity contribution in [3.63, 3.8) is 0 Å². The van der Waals surface area contributed by atoms with Crippen molar-refractivity contribution in [2.75, 3.05) is 23.9 Å². The van der Waals surface area contributed by atoms with Crippen LogP contribution in [0.2, 0.25) is 0 Å². The molecule has 194 valence electrons. The van der Waals surface area contributed by atoms with Gasteiger partial charge in [0, 0.05) is 42.7 Å². The molecule has 0 aliphatic rings. The number of rotatable bonds is 10. The molecule has 4 rings (SSSR count). The first-order chi connectivity index (χ1) is 17.5. The van der Waals surface area contributed by atoms with Gasteiger partial charge in [-0.1, -0.05) is 12.6 Å². The minimum absolute atomic E-state index is 0.0307. The Morgan fingerprint density at radius 2 is 1.92 bits per heavy atom. The lowest BCUT2D eigenvalue weighted by molar-refractivity contribution is -0.137. The summed E-state index contributed by atoms with van der Waals surface area (Å²) in [6.45, 7) is 4.63. The van der Waals surface area contributed by atoms with Crippen LogP contribution in [-0.4, -0.2) is 41.5 Å². The average Bonchev–Trinajstić information content (AvgIpc) is 3.25. The van der Waals surface area contributed by atoms with Gasteiger partial charge in [0.2, 0.25) is 5.88 Å². The largest absolute Gasteiger partial charge is 0.439 e. The number of sulfone groups is 1. The Balaban J connectivity index is 1.43. The Morgan fingerprint density at radius 3 is 2.68 bits per heavy atom. The van der Waals surface area contributed by atoms with E-state index in [1.165, 1.54) is 24.7 Å². The third-order valence-corrected chi connectivity index (χ3v) is 6.25. The van der Waals surface area contributed by atoms with Gasteiger partial charge in [-0.2, -0.15) is 13.2 Å². The van der Waals surface area contributed by atoms with Gasteiger partial charge in [0.1, 0.15) is 27.7 Å². The number of aromatic nitrogens is 3. The van der Waals surface area contributed by atoms with Crippen molar-refractivity contribution in [2.24, 2.45) is 0 Å². The zero-order valence-electron chi connectivity index (χ0n) is 19.8. The Labute approximate surface area is 211 Å². The third kappa shape index (κ3) is 7.08. The number of hydrogen-bond donors (Lipinski definition) is 2. The van der Waals surface area contributed by atoms with Crippen molar-refractivity contribution >= 4 is 32.2 Å². The SMILES string of the molecule is C=C(Nc1cccc(C(F)(F)F)c1)n1ccc2cc(Oc3cc(CNCCS(C)(=O)=O)ncn3)ccc21. The molecule has 0 amide bonds. The summed E-state index contributed by atoms with van der Waals surface area (Å²) in [4.78, 5) is 8.28. The molecule has 0 aliphatic heterocycles. The van der Waals surface area contributed by atoms with Gasteiger partial charge in [0.05, 0.1) is 22.5 Å². The van der Waals surface area contributed by atoms with E-state index in [1.54, 1.807) is 35.0 Å². The Morgan fingerprint density at radius 1 is 1.11 bits per heavy atom. The monoisotopic (exact) mass is 531 g/mol. The fourth-order valence-corrected chi connectivity index (χ4v) is 4.06. The van der Waals surface area contributed by atoms with Gasteiger partial charge in [-0.15, -0.1) is 0 Å². The average molecular weight is 532 g/mol. The summed E-state index contributed by atoms with van der Waals surface area (Å²) < 4.78 is 69.1. The molecular formula is C25H24F3N5O3S. The number of alkyl halides is 3. The van der Waals surface area contributed by atoms with E-state index in [2.05, 4.69) is 27.2 Å². The lowest BCUT2D eigenvalue weighted by Gasteiger charge is -2.14. The molecule has 0 saturated carbocycles. The van der Waals surface area contributed by atoms with Crippen LogP contribution in [0.15, 0.2) is 73.7 Å². The maximum absolute atomic E-state index is 13.0. The summed E-state index contributed by atoms with van der Waals surface area (Å²) in [7, 11) is -3.04. The van der Waals surface area contributed by atoms with E-state index in [0.29, 0.717) is 36.2 Å². The number of nitrogens with zero attached hydrogens (tertiary/aromatic N) is 3. The van der Waals surface area contributed by atoms with E-state index < -0.39 is 21.6 Å². The molecule has 2 aromatic heterocycles.